The van der Waals surface area contributed by atoms with E-state index in [1.54, 1.807) is 16.7 Å². The lowest BCUT2D eigenvalue weighted by atomic mass is 9.93. The monoisotopic (exact) mass is 458 g/mol. The first-order valence-electron chi connectivity index (χ1n) is 11.6. The van der Waals surface area contributed by atoms with Gasteiger partial charge in [0.2, 0.25) is 5.95 Å². The number of aromatic nitrogens is 3. The van der Waals surface area contributed by atoms with Gasteiger partial charge in [-0.05, 0) is 81.0 Å². The standard InChI is InChI=1S/C27H27FN4O2/c1-16-5-3-4-6-23(16)32-24(34)14-13-22-25(21-12-7-18(28)15-17(21)2)30-27(31-26(22)32)29-19-8-10-20(33)11-9-19/h3-7,12-15,19-20,33H,8-11H2,1-2H3,(H,29,30,31)/t19-,20-. The molecule has 2 N–H and O–H groups in total. The molecule has 5 rings (SSSR count). The van der Waals surface area contributed by atoms with Crippen molar-refractivity contribution < 1.29 is 9.50 Å². The van der Waals surface area contributed by atoms with E-state index in [1.165, 1.54) is 18.2 Å². The Labute approximate surface area is 197 Å². The molecule has 1 aliphatic carbocycles. The number of aryl methyl sites for hydroxylation is 2. The fourth-order valence-electron chi connectivity index (χ4n) is 4.73. The Morgan fingerprint density at radius 1 is 0.971 bits per heavy atom. The molecule has 0 unspecified atom stereocenters. The molecule has 6 nitrogen and oxygen atoms in total. The number of pyridine rings is 1. The van der Waals surface area contributed by atoms with Crippen molar-refractivity contribution in [2.24, 2.45) is 0 Å². The number of nitrogens with zero attached hydrogens (tertiary/aromatic N) is 3. The maximum Gasteiger partial charge on any atom is 0.256 e. The van der Waals surface area contributed by atoms with Crippen molar-refractivity contribution in [3.05, 3.63) is 81.9 Å². The molecule has 2 aromatic heterocycles. The highest BCUT2D eigenvalue weighted by Gasteiger charge is 2.22. The van der Waals surface area contributed by atoms with Crippen LogP contribution in [0.5, 0.6) is 0 Å². The van der Waals surface area contributed by atoms with Gasteiger partial charge in [-0.1, -0.05) is 18.2 Å². The van der Waals surface area contributed by atoms with Crippen molar-refractivity contribution in [2.45, 2.75) is 51.7 Å². The van der Waals surface area contributed by atoms with E-state index in [1.807, 2.05) is 38.1 Å². The number of hydrogen-bond donors (Lipinski definition) is 2. The quantitative estimate of drug-likeness (QED) is 0.454. The van der Waals surface area contributed by atoms with Crippen LogP contribution in [0.4, 0.5) is 10.3 Å². The zero-order valence-corrected chi connectivity index (χ0v) is 19.3. The van der Waals surface area contributed by atoms with E-state index in [9.17, 15) is 14.3 Å². The van der Waals surface area contributed by atoms with Gasteiger partial charge in [-0.3, -0.25) is 9.36 Å². The summed E-state index contributed by atoms with van der Waals surface area (Å²) in [6.45, 7) is 3.80. The average molecular weight is 459 g/mol. The first kappa shape index (κ1) is 22.2. The highest BCUT2D eigenvalue weighted by Crippen LogP contribution is 2.31. The number of benzene rings is 2. The van der Waals surface area contributed by atoms with Crippen molar-refractivity contribution in [2.75, 3.05) is 5.32 Å². The Bertz CT molecular complexity index is 1420. The molecule has 0 radical (unpaired) electrons. The fraction of sp³-hybridized carbons (Fsp3) is 0.296. The number of halogens is 1. The van der Waals surface area contributed by atoms with Gasteiger partial charge in [0.15, 0.2) is 5.65 Å². The van der Waals surface area contributed by atoms with Crippen LogP contribution in [-0.2, 0) is 0 Å². The van der Waals surface area contributed by atoms with Gasteiger partial charge in [-0.25, -0.2) is 9.37 Å². The van der Waals surface area contributed by atoms with Gasteiger partial charge in [0.1, 0.15) is 5.82 Å². The molecule has 0 bridgehead atoms. The Morgan fingerprint density at radius 2 is 1.74 bits per heavy atom. The zero-order valence-electron chi connectivity index (χ0n) is 19.3. The lowest BCUT2D eigenvalue weighted by molar-refractivity contribution is 0.126. The zero-order chi connectivity index (χ0) is 23.8. The van der Waals surface area contributed by atoms with Gasteiger partial charge >= 0.3 is 0 Å². The average Bonchev–Trinajstić information content (AvgIpc) is 2.81. The molecular weight excluding hydrogens is 431 g/mol. The summed E-state index contributed by atoms with van der Waals surface area (Å²) in [5, 5.41) is 14.0. The largest absolute Gasteiger partial charge is 0.393 e. The van der Waals surface area contributed by atoms with Gasteiger partial charge in [0.25, 0.3) is 5.56 Å². The molecule has 2 aromatic carbocycles. The molecule has 1 fully saturated rings. The van der Waals surface area contributed by atoms with E-state index >= 15 is 0 Å². The third kappa shape index (κ3) is 4.19. The van der Waals surface area contributed by atoms with Crippen molar-refractivity contribution in [3.63, 3.8) is 0 Å². The Hall–Kier alpha value is -3.58. The Kier molecular flexibility index (Phi) is 5.87. The molecule has 174 valence electrons. The van der Waals surface area contributed by atoms with Gasteiger partial charge in [0, 0.05) is 23.1 Å². The van der Waals surface area contributed by atoms with Crippen LogP contribution < -0.4 is 10.9 Å². The minimum atomic E-state index is -0.310. The summed E-state index contributed by atoms with van der Waals surface area (Å²) in [6.07, 6.45) is 2.81. The molecular formula is C27H27FN4O2. The molecule has 0 amide bonds. The SMILES string of the molecule is Cc1cc(F)ccc1-c1nc(N[C@H]2CC[C@H](O)CC2)nc2c1ccc(=O)n2-c1ccccc1C. The van der Waals surface area contributed by atoms with Gasteiger partial charge in [-0.2, -0.15) is 4.98 Å². The molecule has 0 saturated heterocycles. The van der Waals surface area contributed by atoms with Crippen LogP contribution in [0.25, 0.3) is 28.0 Å². The molecule has 0 spiro atoms. The predicted octanol–water partition coefficient (Wildman–Crippen LogP) is 4.92. The minimum Gasteiger partial charge on any atom is -0.393 e. The number of aliphatic hydroxyl groups is 1. The summed E-state index contributed by atoms with van der Waals surface area (Å²) in [7, 11) is 0. The normalized spacial score (nSPS) is 18.2. The number of anilines is 1. The van der Waals surface area contributed by atoms with Crippen LogP contribution in [0, 0.1) is 19.7 Å². The van der Waals surface area contributed by atoms with Gasteiger partial charge in [-0.15, -0.1) is 0 Å². The van der Waals surface area contributed by atoms with E-state index in [0.717, 1.165) is 48.1 Å². The first-order chi connectivity index (χ1) is 16.4. The highest BCUT2D eigenvalue weighted by molar-refractivity contribution is 5.93. The molecule has 0 atom stereocenters. The summed E-state index contributed by atoms with van der Waals surface area (Å²) >= 11 is 0. The third-order valence-corrected chi connectivity index (χ3v) is 6.58. The number of fused-ring (bicyclic) bond motifs is 1. The van der Waals surface area contributed by atoms with Crippen molar-refractivity contribution >= 4 is 17.0 Å². The summed E-state index contributed by atoms with van der Waals surface area (Å²) in [4.78, 5) is 22.7. The van der Waals surface area contributed by atoms with Gasteiger partial charge < -0.3 is 10.4 Å². The molecule has 4 aromatic rings. The van der Waals surface area contributed by atoms with E-state index in [0.29, 0.717) is 22.7 Å². The summed E-state index contributed by atoms with van der Waals surface area (Å²) in [5.41, 5.74) is 4.19. The second-order valence-electron chi connectivity index (χ2n) is 9.04. The molecule has 1 aliphatic rings. The molecule has 7 heteroatoms. The fourth-order valence-corrected chi connectivity index (χ4v) is 4.73. The van der Waals surface area contributed by atoms with E-state index in [2.05, 4.69) is 5.32 Å². The van der Waals surface area contributed by atoms with Crippen LogP contribution in [0.3, 0.4) is 0 Å². The second-order valence-corrected chi connectivity index (χ2v) is 9.04. The van der Waals surface area contributed by atoms with Crippen molar-refractivity contribution in [1.29, 1.82) is 0 Å². The Morgan fingerprint density at radius 3 is 2.47 bits per heavy atom. The Balaban J connectivity index is 1.75. The number of nitrogens with one attached hydrogen (secondary N) is 1. The third-order valence-electron chi connectivity index (χ3n) is 6.58. The molecule has 34 heavy (non-hydrogen) atoms. The van der Waals surface area contributed by atoms with E-state index in [-0.39, 0.29) is 23.5 Å². The number of para-hydroxylation sites is 1. The number of rotatable bonds is 4. The maximum absolute atomic E-state index is 13.9. The lowest BCUT2D eigenvalue weighted by Gasteiger charge is -2.26. The van der Waals surface area contributed by atoms with Crippen molar-refractivity contribution in [1.82, 2.24) is 14.5 Å². The van der Waals surface area contributed by atoms with E-state index in [4.69, 9.17) is 9.97 Å². The van der Waals surface area contributed by atoms with Crippen LogP contribution in [0.1, 0.15) is 36.8 Å². The van der Waals surface area contributed by atoms with Gasteiger partial charge in [0.05, 0.1) is 17.5 Å². The molecule has 2 heterocycles. The molecule has 0 aliphatic heterocycles. The van der Waals surface area contributed by atoms with Crippen LogP contribution in [0.15, 0.2) is 59.4 Å². The topological polar surface area (TPSA) is 80.0 Å². The number of hydrogen-bond acceptors (Lipinski definition) is 5. The smallest absolute Gasteiger partial charge is 0.256 e. The van der Waals surface area contributed by atoms with Crippen LogP contribution in [-0.4, -0.2) is 31.8 Å². The highest BCUT2D eigenvalue weighted by atomic mass is 19.1. The second kappa shape index (κ2) is 8.99. The minimum absolute atomic E-state index is 0.130. The van der Waals surface area contributed by atoms with Crippen molar-refractivity contribution in [3.8, 4) is 16.9 Å². The summed E-state index contributed by atoms with van der Waals surface area (Å²) < 4.78 is 15.5. The lowest BCUT2D eigenvalue weighted by Crippen LogP contribution is -2.29. The maximum atomic E-state index is 13.9. The van der Waals surface area contributed by atoms with Crippen LogP contribution >= 0.6 is 0 Å². The summed E-state index contributed by atoms with van der Waals surface area (Å²) in [5.74, 6) is 0.107. The van der Waals surface area contributed by atoms with Crippen LogP contribution in [0.2, 0.25) is 0 Å². The molecule has 1 saturated carbocycles. The number of aliphatic hydroxyl groups excluding tert-OH is 1. The van der Waals surface area contributed by atoms with E-state index < -0.39 is 0 Å². The predicted molar refractivity (Wildman–Crippen MR) is 132 cm³/mol. The first-order valence-corrected chi connectivity index (χ1v) is 11.6. The summed E-state index contributed by atoms with van der Waals surface area (Å²) in [6, 6.07) is 15.7.